The Morgan fingerprint density at radius 3 is 2.48 bits per heavy atom. The SMILES string of the molecule is CCOC(=O)C1=C(C)N=c2s/c(=C\c3ccc(-c4ccc(C(=O)O)cc4)o3)c(=O)n2[C@@H]1c1cc(Br)c(OC)cc1OC. The molecule has 1 atom stereocenters. The van der Waals surface area contributed by atoms with Crippen LogP contribution in [0.1, 0.15) is 41.6 Å². The van der Waals surface area contributed by atoms with Crippen LogP contribution < -0.4 is 24.4 Å². The number of hydrogen-bond acceptors (Lipinski definition) is 9. The van der Waals surface area contributed by atoms with E-state index in [9.17, 15) is 14.4 Å². The average Bonchev–Trinajstić information content (AvgIpc) is 3.56. The second kappa shape index (κ2) is 11.8. The fraction of sp³-hybridized carbons (Fsp3) is 0.200. The summed E-state index contributed by atoms with van der Waals surface area (Å²) in [6.07, 6.45) is 1.61. The number of rotatable bonds is 8. The van der Waals surface area contributed by atoms with E-state index >= 15 is 0 Å². The third-order valence-corrected chi connectivity index (χ3v) is 8.23. The summed E-state index contributed by atoms with van der Waals surface area (Å²) in [6.45, 7) is 3.56. The number of carboxylic acids is 1. The van der Waals surface area contributed by atoms with E-state index in [0.717, 1.165) is 11.3 Å². The molecule has 0 bridgehead atoms. The highest BCUT2D eigenvalue weighted by Crippen LogP contribution is 2.41. The van der Waals surface area contributed by atoms with Crippen LogP contribution in [0, 0.1) is 0 Å². The van der Waals surface area contributed by atoms with Gasteiger partial charge in [-0.2, -0.15) is 0 Å². The minimum atomic E-state index is -1.02. The summed E-state index contributed by atoms with van der Waals surface area (Å²) in [5.74, 6) is 0.258. The molecule has 0 amide bonds. The molecule has 1 N–H and O–H groups in total. The van der Waals surface area contributed by atoms with Gasteiger partial charge in [-0.05, 0) is 60.1 Å². The summed E-state index contributed by atoms with van der Waals surface area (Å²) in [4.78, 5) is 43.3. The van der Waals surface area contributed by atoms with Crippen LogP contribution in [0.15, 0.2) is 78.5 Å². The van der Waals surface area contributed by atoms with Gasteiger partial charge in [0.05, 0.1) is 46.7 Å². The Morgan fingerprint density at radius 2 is 1.83 bits per heavy atom. The molecule has 5 rings (SSSR count). The van der Waals surface area contributed by atoms with Gasteiger partial charge in [-0.3, -0.25) is 9.36 Å². The van der Waals surface area contributed by atoms with Crippen LogP contribution in [-0.2, 0) is 9.53 Å². The lowest BCUT2D eigenvalue weighted by Crippen LogP contribution is -2.40. The van der Waals surface area contributed by atoms with Gasteiger partial charge in [0.25, 0.3) is 5.56 Å². The van der Waals surface area contributed by atoms with Gasteiger partial charge in [0.15, 0.2) is 4.80 Å². The zero-order valence-electron chi connectivity index (χ0n) is 23.0. The van der Waals surface area contributed by atoms with E-state index in [-0.39, 0.29) is 23.3 Å². The smallest absolute Gasteiger partial charge is 0.338 e. The topological polar surface area (TPSA) is 130 Å². The zero-order valence-corrected chi connectivity index (χ0v) is 25.4. The standard InChI is InChI=1S/C30H25BrN2O8S/c1-5-40-29(37)25-15(2)32-30-33(26(25)19-13-20(31)23(39-4)14-22(19)38-3)27(34)24(42-30)12-18-10-11-21(41-18)16-6-8-17(9-7-16)28(35)36/h6-14,26H,5H2,1-4H3,(H,35,36)/b24-12-/t26-/m1/s1. The first-order valence-electron chi connectivity index (χ1n) is 12.7. The number of benzene rings is 2. The van der Waals surface area contributed by atoms with Gasteiger partial charge in [-0.15, -0.1) is 0 Å². The summed E-state index contributed by atoms with van der Waals surface area (Å²) in [7, 11) is 3.03. The van der Waals surface area contributed by atoms with Gasteiger partial charge < -0.3 is 23.7 Å². The van der Waals surface area contributed by atoms with Crippen molar-refractivity contribution in [1.82, 2.24) is 4.57 Å². The maximum atomic E-state index is 14.0. The first-order valence-corrected chi connectivity index (χ1v) is 14.3. The fourth-order valence-electron chi connectivity index (χ4n) is 4.67. The van der Waals surface area contributed by atoms with E-state index in [1.807, 2.05) is 0 Å². The number of ether oxygens (including phenoxy) is 3. The molecule has 0 saturated carbocycles. The number of esters is 1. The van der Waals surface area contributed by atoms with Crippen LogP contribution in [0.5, 0.6) is 11.5 Å². The minimum Gasteiger partial charge on any atom is -0.496 e. The predicted molar refractivity (Wildman–Crippen MR) is 159 cm³/mol. The van der Waals surface area contributed by atoms with E-state index in [1.54, 1.807) is 56.3 Å². The van der Waals surface area contributed by atoms with E-state index in [0.29, 0.717) is 53.6 Å². The van der Waals surface area contributed by atoms with Gasteiger partial charge in [0, 0.05) is 23.3 Å². The number of aromatic nitrogens is 1. The molecule has 0 fully saturated rings. The second-order valence-electron chi connectivity index (χ2n) is 9.12. The molecular weight excluding hydrogens is 628 g/mol. The molecule has 0 spiro atoms. The largest absolute Gasteiger partial charge is 0.496 e. The monoisotopic (exact) mass is 652 g/mol. The second-order valence-corrected chi connectivity index (χ2v) is 11.0. The zero-order chi connectivity index (χ0) is 30.1. The van der Waals surface area contributed by atoms with Crippen molar-refractivity contribution in [3.05, 3.63) is 101 Å². The molecule has 10 nitrogen and oxygen atoms in total. The predicted octanol–water partition coefficient (Wildman–Crippen LogP) is 4.54. The first kappa shape index (κ1) is 29.1. The van der Waals surface area contributed by atoms with Gasteiger partial charge in [-0.1, -0.05) is 23.5 Å². The molecule has 0 unspecified atom stereocenters. The molecular formula is C30H25BrN2O8S. The Balaban J connectivity index is 1.65. The number of methoxy groups -OCH3 is 2. The van der Waals surface area contributed by atoms with E-state index in [4.69, 9.17) is 23.7 Å². The number of carbonyl (C=O) groups excluding carboxylic acids is 1. The van der Waals surface area contributed by atoms with Crippen molar-refractivity contribution in [1.29, 1.82) is 0 Å². The molecule has 0 radical (unpaired) electrons. The Hall–Kier alpha value is -4.42. The van der Waals surface area contributed by atoms with Crippen LogP contribution in [0.3, 0.4) is 0 Å². The lowest BCUT2D eigenvalue weighted by molar-refractivity contribution is -0.139. The number of nitrogens with zero attached hydrogens (tertiary/aromatic N) is 2. The maximum absolute atomic E-state index is 14.0. The lowest BCUT2D eigenvalue weighted by Gasteiger charge is -2.26. The number of carboxylic acid groups (broad SMARTS) is 1. The Labute approximate surface area is 251 Å². The number of allylic oxidation sites excluding steroid dienone is 1. The molecule has 12 heteroatoms. The minimum absolute atomic E-state index is 0.149. The van der Waals surface area contributed by atoms with E-state index in [1.165, 1.54) is 30.9 Å². The average molecular weight is 654 g/mol. The van der Waals surface area contributed by atoms with E-state index in [2.05, 4.69) is 20.9 Å². The number of carbonyl (C=O) groups is 2. The number of halogens is 1. The highest BCUT2D eigenvalue weighted by molar-refractivity contribution is 9.10. The fourth-order valence-corrected chi connectivity index (χ4v) is 6.22. The van der Waals surface area contributed by atoms with Crippen molar-refractivity contribution in [2.24, 2.45) is 4.99 Å². The van der Waals surface area contributed by atoms with Crippen LogP contribution >= 0.6 is 27.3 Å². The number of hydrogen-bond donors (Lipinski definition) is 1. The highest BCUT2D eigenvalue weighted by Gasteiger charge is 2.35. The highest BCUT2D eigenvalue weighted by atomic mass is 79.9. The van der Waals surface area contributed by atoms with Gasteiger partial charge in [0.1, 0.15) is 29.1 Å². The molecule has 0 aliphatic carbocycles. The van der Waals surface area contributed by atoms with Crippen molar-refractivity contribution in [2.75, 3.05) is 20.8 Å². The van der Waals surface area contributed by atoms with E-state index < -0.39 is 18.0 Å². The Kier molecular flexibility index (Phi) is 8.19. The molecule has 1 aliphatic heterocycles. The first-order chi connectivity index (χ1) is 20.2. The van der Waals surface area contributed by atoms with Crippen LogP contribution in [0.25, 0.3) is 17.4 Å². The molecule has 2 aromatic heterocycles. The molecule has 0 saturated heterocycles. The molecule has 4 aromatic rings. The Bertz CT molecular complexity index is 1920. The number of thiazole rings is 1. The molecule has 42 heavy (non-hydrogen) atoms. The molecule has 3 heterocycles. The van der Waals surface area contributed by atoms with Crippen LogP contribution in [0.4, 0.5) is 0 Å². The summed E-state index contributed by atoms with van der Waals surface area (Å²) >= 11 is 4.67. The van der Waals surface area contributed by atoms with Crippen molar-refractivity contribution in [3.8, 4) is 22.8 Å². The third kappa shape index (κ3) is 5.30. The normalized spacial score (nSPS) is 14.8. The number of furan rings is 1. The molecule has 216 valence electrons. The van der Waals surface area contributed by atoms with Crippen LogP contribution in [-0.4, -0.2) is 42.4 Å². The maximum Gasteiger partial charge on any atom is 0.338 e. The van der Waals surface area contributed by atoms with Gasteiger partial charge >= 0.3 is 11.9 Å². The van der Waals surface area contributed by atoms with Crippen molar-refractivity contribution in [2.45, 2.75) is 19.9 Å². The Morgan fingerprint density at radius 1 is 1.12 bits per heavy atom. The van der Waals surface area contributed by atoms with Crippen molar-refractivity contribution < 1.29 is 33.3 Å². The summed E-state index contributed by atoms with van der Waals surface area (Å²) in [6, 6.07) is 12.3. The van der Waals surface area contributed by atoms with Gasteiger partial charge in [-0.25, -0.2) is 14.6 Å². The third-order valence-electron chi connectivity index (χ3n) is 6.63. The van der Waals surface area contributed by atoms with Crippen LogP contribution in [0.2, 0.25) is 0 Å². The van der Waals surface area contributed by atoms with Crippen molar-refractivity contribution in [3.63, 3.8) is 0 Å². The van der Waals surface area contributed by atoms with Gasteiger partial charge in [0.2, 0.25) is 0 Å². The molecule has 1 aliphatic rings. The van der Waals surface area contributed by atoms with Crippen molar-refractivity contribution >= 4 is 45.3 Å². The summed E-state index contributed by atoms with van der Waals surface area (Å²) < 4.78 is 24.8. The number of aromatic carboxylic acids is 1. The molecule has 2 aromatic carbocycles. The lowest BCUT2D eigenvalue weighted by atomic mass is 9.95. The quantitative estimate of drug-likeness (QED) is 0.275. The summed E-state index contributed by atoms with van der Waals surface area (Å²) in [5, 5.41) is 9.15. The summed E-state index contributed by atoms with van der Waals surface area (Å²) in [5.41, 5.74) is 1.66. The number of fused-ring (bicyclic) bond motifs is 1.